The van der Waals surface area contributed by atoms with Crippen LogP contribution in [-0.2, 0) is 14.8 Å². The van der Waals surface area contributed by atoms with Gasteiger partial charge in [-0.3, -0.25) is 0 Å². The van der Waals surface area contributed by atoms with Crippen LogP contribution in [-0.4, -0.2) is 50.1 Å². The van der Waals surface area contributed by atoms with Crippen LogP contribution in [0.3, 0.4) is 0 Å². The number of rotatable bonds is 3. The summed E-state index contributed by atoms with van der Waals surface area (Å²) in [4.78, 5) is 11.6. The molecule has 1 atom stereocenters. The first kappa shape index (κ1) is 15.0. The van der Waals surface area contributed by atoms with Gasteiger partial charge in [-0.25, -0.2) is 13.2 Å². The van der Waals surface area contributed by atoms with Crippen molar-refractivity contribution in [1.82, 2.24) is 4.31 Å². The van der Waals surface area contributed by atoms with Crippen LogP contribution in [0.25, 0.3) is 0 Å². The molecule has 1 fully saturated rings. The Bertz CT molecular complexity index is 626. The van der Waals surface area contributed by atoms with Gasteiger partial charge < -0.3 is 9.84 Å². The van der Waals surface area contributed by atoms with Gasteiger partial charge in [0.15, 0.2) is 0 Å². The van der Waals surface area contributed by atoms with Crippen LogP contribution in [0.15, 0.2) is 23.1 Å². The van der Waals surface area contributed by atoms with Crippen molar-refractivity contribution >= 4 is 16.0 Å². The lowest BCUT2D eigenvalue weighted by atomic mass is 10.1. The van der Waals surface area contributed by atoms with Crippen LogP contribution in [0.1, 0.15) is 22.3 Å². The lowest BCUT2D eigenvalue weighted by Gasteiger charge is -2.17. The molecule has 0 aliphatic carbocycles. The van der Waals surface area contributed by atoms with E-state index in [2.05, 4.69) is 4.74 Å². The summed E-state index contributed by atoms with van der Waals surface area (Å²) in [6.45, 7) is 2.04. The molecule has 1 aliphatic heterocycles. The second-order valence-electron chi connectivity index (χ2n) is 4.78. The Morgan fingerprint density at radius 2 is 2.15 bits per heavy atom. The van der Waals surface area contributed by atoms with Crippen molar-refractivity contribution in [2.24, 2.45) is 0 Å². The molecule has 6 nitrogen and oxygen atoms in total. The third-order valence-corrected chi connectivity index (χ3v) is 5.36. The smallest absolute Gasteiger partial charge is 0.337 e. The van der Waals surface area contributed by atoms with Crippen LogP contribution in [0.5, 0.6) is 0 Å². The lowest BCUT2D eigenvalue weighted by molar-refractivity contribution is 0.0600. The summed E-state index contributed by atoms with van der Waals surface area (Å²) in [6, 6.07) is 4.42. The van der Waals surface area contributed by atoms with Crippen molar-refractivity contribution in [3.8, 4) is 0 Å². The number of ether oxygens (including phenoxy) is 1. The number of aliphatic hydroxyl groups is 1. The summed E-state index contributed by atoms with van der Waals surface area (Å²) in [5, 5.41) is 9.48. The van der Waals surface area contributed by atoms with Crippen LogP contribution in [0.2, 0.25) is 0 Å². The van der Waals surface area contributed by atoms with Crippen molar-refractivity contribution in [3.05, 3.63) is 29.3 Å². The van der Waals surface area contributed by atoms with Gasteiger partial charge in [-0.05, 0) is 31.0 Å². The maximum absolute atomic E-state index is 12.5. The Morgan fingerprint density at radius 1 is 1.45 bits per heavy atom. The molecule has 0 spiro atoms. The van der Waals surface area contributed by atoms with Crippen molar-refractivity contribution in [3.63, 3.8) is 0 Å². The zero-order valence-electron chi connectivity index (χ0n) is 11.4. The fourth-order valence-corrected chi connectivity index (χ4v) is 3.93. The average molecular weight is 299 g/mol. The van der Waals surface area contributed by atoms with E-state index in [-0.39, 0.29) is 23.5 Å². The summed E-state index contributed by atoms with van der Waals surface area (Å²) >= 11 is 0. The van der Waals surface area contributed by atoms with Crippen molar-refractivity contribution in [2.45, 2.75) is 24.3 Å². The molecule has 7 heteroatoms. The Balaban J connectivity index is 2.43. The second kappa shape index (κ2) is 5.51. The number of carbonyl (C=O) groups is 1. The number of benzene rings is 1. The molecule has 1 saturated heterocycles. The predicted octanol–water partition coefficient (Wildman–Crippen LogP) is 0.537. The summed E-state index contributed by atoms with van der Waals surface area (Å²) in [5.74, 6) is -0.581. The highest BCUT2D eigenvalue weighted by Gasteiger charge is 2.32. The van der Waals surface area contributed by atoms with Gasteiger partial charge in [-0.1, -0.05) is 6.07 Å². The van der Waals surface area contributed by atoms with E-state index in [1.165, 1.54) is 23.5 Å². The van der Waals surface area contributed by atoms with E-state index in [0.29, 0.717) is 12.0 Å². The minimum Gasteiger partial charge on any atom is -0.465 e. The van der Waals surface area contributed by atoms with Gasteiger partial charge in [0, 0.05) is 13.1 Å². The number of β-amino-alcohol motifs (C(OH)–C–C–N with tert-alkyl or cyclic N) is 1. The van der Waals surface area contributed by atoms with Crippen LogP contribution in [0, 0.1) is 6.92 Å². The molecule has 0 saturated carbocycles. The second-order valence-corrected chi connectivity index (χ2v) is 6.68. The van der Waals surface area contributed by atoms with Crippen molar-refractivity contribution < 1.29 is 23.1 Å². The number of carbonyl (C=O) groups excluding carboxylic acids is 1. The van der Waals surface area contributed by atoms with E-state index < -0.39 is 22.1 Å². The molecule has 1 aromatic carbocycles. The van der Waals surface area contributed by atoms with Crippen LogP contribution in [0.4, 0.5) is 0 Å². The van der Waals surface area contributed by atoms with Gasteiger partial charge in [-0.2, -0.15) is 4.31 Å². The maximum Gasteiger partial charge on any atom is 0.337 e. The minimum absolute atomic E-state index is 0.0782. The molecular weight excluding hydrogens is 282 g/mol. The first-order valence-corrected chi connectivity index (χ1v) is 7.67. The monoisotopic (exact) mass is 299 g/mol. The van der Waals surface area contributed by atoms with E-state index in [0.717, 1.165) is 0 Å². The first-order valence-electron chi connectivity index (χ1n) is 6.23. The fourth-order valence-electron chi connectivity index (χ4n) is 2.19. The summed E-state index contributed by atoms with van der Waals surface area (Å²) in [5.41, 5.74) is 0.746. The van der Waals surface area contributed by atoms with Gasteiger partial charge in [0.05, 0.1) is 23.7 Å². The standard InChI is InChI=1S/C13H17NO5S/c1-9-3-4-10(13(16)19-2)7-12(9)20(17,18)14-6-5-11(15)8-14/h3-4,7,11,15H,5-6,8H2,1-2H3/t11-/m1/s1. The molecule has 0 radical (unpaired) electrons. The van der Waals surface area contributed by atoms with Crippen molar-refractivity contribution in [2.75, 3.05) is 20.2 Å². The summed E-state index contributed by atoms with van der Waals surface area (Å²) in [6.07, 6.45) is -0.205. The Hall–Kier alpha value is -1.44. The van der Waals surface area contributed by atoms with E-state index in [9.17, 15) is 18.3 Å². The zero-order chi connectivity index (χ0) is 14.9. The van der Waals surface area contributed by atoms with Gasteiger partial charge in [0.2, 0.25) is 10.0 Å². The SMILES string of the molecule is COC(=O)c1ccc(C)c(S(=O)(=O)N2CC[C@@H](O)C2)c1. The predicted molar refractivity (Wildman–Crippen MR) is 71.9 cm³/mol. The van der Waals surface area contributed by atoms with Gasteiger partial charge >= 0.3 is 5.97 Å². The number of aryl methyl sites for hydroxylation is 1. The zero-order valence-corrected chi connectivity index (χ0v) is 12.2. The normalized spacial score (nSPS) is 20.1. The first-order chi connectivity index (χ1) is 9.36. The number of esters is 1. The molecule has 2 rings (SSSR count). The Labute approximate surface area is 118 Å². The number of methoxy groups -OCH3 is 1. The van der Waals surface area contributed by atoms with E-state index in [1.807, 2.05) is 0 Å². The average Bonchev–Trinajstić information content (AvgIpc) is 2.85. The molecule has 0 bridgehead atoms. The highest BCUT2D eigenvalue weighted by molar-refractivity contribution is 7.89. The largest absolute Gasteiger partial charge is 0.465 e. The van der Waals surface area contributed by atoms with Crippen molar-refractivity contribution in [1.29, 1.82) is 0 Å². The highest BCUT2D eigenvalue weighted by Crippen LogP contribution is 2.25. The molecule has 110 valence electrons. The van der Waals surface area contributed by atoms with Crippen LogP contribution >= 0.6 is 0 Å². The maximum atomic E-state index is 12.5. The Morgan fingerprint density at radius 3 is 2.70 bits per heavy atom. The summed E-state index contributed by atoms with van der Waals surface area (Å²) in [7, 11) is -2.46. The molecule has 20 heavy (non-hydrogen) atoms. The summed E-state index contributed by atoms with van der Waals surface area (Å²) < 4.78 is 30.9. The minimum atomic E-state index is -3.70. The Kier molecular flexibility index (Phi) is 4.12. The molecule has 1 heterocycles. The van der Waals surface area contributed by atoms with Gasteiger partial charge in [0.1, 0.15) is 0 Å². The lowest BCUT2D eigenvalue weighted by Crippen LogP contribution is -2.30. The molecule has 0 unspecified atom stereocenters. The number of nitrogens with zero attached hydrogens (tertiary/aromatic N) is 1. The van der Waals surface area contributed by atoms with Gasteiger partial charge in [-0.15, -0.1) is 0 Å². The molecule has 0 amide bonds. The van der Waals surface area contributed by atoms with E-state index in [1.54, 1.807) is 13.0 Å². The number of hydrogen-bond acceptors (Lipinski definition) is 5. The van der Waals surface area contributed by atoms with Crippen LogP contribution < -0.4 is 0 Å². The van der Waals surface area contributed by atoms with E-state index >= 15 is 0 Å². The van der Waals surface area contributed by atoms with Gasteiger partial charge in [0.25, 0.3) is 0 Å². The third-order valence-electron chi connectivity index (χ3n) is 3.35. The highest BCUT2D eigenvalue weighted by atomic mass is 32.2. The topological polar surface area (TPSA) is 83.9 Å². The number of sulfonamides is 1. The number of aliphatic hydroxyl groups excluding tert-OH is 1. The quantitative estimate of drug-likeness (QED) is 0.823. The third kappa shape index (κ3) is 2.70. The molecular formula is C13H17NO5S. The molecule has 0 aromatic heterocycles. The number of hydrogen-bond donors (Lipinski definition) is 1. The molecule has 1 aliphatic rings. The van der Waals surface area contributed by atoms with E-state index in [4.69, 9.17) is 0 Å². The molecule has 1 aromatic rings. The molecule has 1 N–H and O–H groups in total. The fraction of sp³-hybridized carbons (Fsp3) is 0.462.